The van der Waals surface area contributed by atoms with Crippen LogP contribution >= 0.6 is 11.3 Å². The number of hydrogen-bond donors (Lipinski definition) is 2. The third-order valence-corrected chi connectivity index (χ3v) is 2.06. The van der Waals surface area contributed by atoms with E-state index in [9.17, 15) is 4.79 Å². The first-order valence-electron chi connectivity index (χ1n) is 3.58. The fraction of sp³-hybridized carbons (Fsp3) is 0.429. The molecular formula is C7H11N3OS. The van der Waals surface area contributed by atoms with Gasteiger partial charge in [-0.15, -0.1) is 11.3 Å². The molecule has 0 aliphatic rings. The summed E-state index contributed by atoms with van der Waals surface area (Å²) in [7, 11) is 0. The first-order chi connectivity index (χ1) is 5.59. The molecule has 0 spiro atoms. The second-order valence-electron chi connectivity index (χ2n) is 2.53. The van der Waals surface area contributed by atoms with Crippen LogP contribution in [-0.2, 0) is 4.79 Å². The van der Waals surface area contributed by atoms with E-state index < -0.39 is 6.04 Å². The molecule has 5 heteroatoms. The Labute approximate surface area is 74.8 Å². The summed E-state index contributed by atoms with van der Waals surface area (Å²) in [4.78, 5) is 15.1. The fourth-order valence-electron chi connectivity index (χ4n) is 0.661. The molecule has 0 saturated carbocycles. The maximum Gasteiger partial charge on any atom is 0.242 e. The Morgan fingerprint density at radius 1 is 1.83 bits per heavy atom. The molecule has 0 bridgehead atoms. The molecule has 1 atom stereocenters. The molecule has 0 aliphatic carbocycles. The lowest BCUT2D eigenvalue weighted by Gasteiger charge is -2.03. The number of nitrogens with zero attached hydrogens (tertiary/aromatic N) is 1. The summed E-state index contributed by atoms with van der Waals surface area (Å²) in [6.45, 7) is 3.51. The van der Waals surface area contributed by atoms with Gasteiger partial charge in [0.15, 0.2) is 0 Å². The Balaban J connectivity index is 2.58. The number of aromatic nitrogens is 1. The van der Waals surface area contributed by atoms with Crippen LogP contribution in [0.5, 0.6) is 0 Å². The maximum atomic E-state index is 11.1. The first kappa shape index (κ1) is 9.15. The Morgan fingerprint density at radius 3 is 2.92 bits per heavy atom. The van der Waals surface area contributed by atoms with Crippen molar-refractivity contribution in [3.05, 3.63) is 10.4 Å². The maximum absolute atomic E-state index is 11.1. The molecule has 1 rings (SSSR count). The van der Waals surface area contributed by atoms with Crippen LogP contribution in [0, 0.1) is 6.92 Å². The van der Waals surface area contributed by atoms with Gasteiger partial charge in [0.1, 0.15) is 5.82 Å². The normalized spacial score (nSPS) is 12.6. The summed E-state index contributed by atoms with van der Waals surface area (Å²) < 4.78 is 0. The van der Waals surface area contributed by atoms with E-state index in [4.69, 9.17) is 5.73 Å². The molecule has 3 N–H and O–H groups in total. The Morgan fingerprint density at radius 2 is 2.50 bits per heavy atom. The Hall–Kier alpha value is -0.940. The summed E-state index contributed by atoms with van der Waals surface area (Å²) in [5.41, 5.74) is 5.35. The highest BCUT2D eigenvalue weighted by atomic mass is 32.1. The molecule has 0 fully saturated rings. The number of nitrogens with two attached hydrogens (primary N) is 1. The van der Waals surface area contributed by atoms with Gasteiger partial charge in [0.2, 0.25) is 5.91 Å². The zero-order valence-corrected chi connectivity index (χ0v) is 7.81. The largest absolute Gasteiger partial charge is 0.320 e. The Bertz CT molecular complexity index is 282. The number of anilines is 1. The summed E-state index contributed by atoms with van der Waals surface area (Å²) in [5, 5.41) is 5.31. The van der Waals surface area contributed by atoms with Crippen molar-refractivity contribution in [2.24, 2.45) is 5.73 Å². The molecule has 4 nitrogen and oxygen atoms in total. The van der Waals surface area contributed by atoms with Crippen molar-refractivity contribution in [1.29, 1.82) is 0 Å². The van der Waals surface area contributed by atoms with Gasteiger partial charge < -0.3 is 11.1 Å². The molecule has 1 aromatic heterocycles. The first-order valence-corrected chi connectivity index (χ1v) is 4.46. The summed E-state index contributed by atoms with van der Waals surface area (Å²) in [6, 6.07) is -0.494. The quantitative estimate of drug-likeness (QED) is 0.714. The van der Waals surface area contributed by atoms with Crippen molar-refractivity contribution >= 4 is 23.1 Å². The average molecular weight is 185 g/mol. The highest BCUT2D eigenvalue weighted by molar-refractivity contribution is 7.09. The third-order valence-electron chi connectivity index (χ3n) is 1.28. The number of carbonyl (C=O) groups excluding carboxylic acids is 1. The number of thiazole rings is 1. The number of rotatable bonds is 2. The zero-order chi connectivity index (χ0) is 9.14. The molecule has 66 valence electrons. The van der Waals surface area contributed by atoms with E-state index in [1.54, 1.807) is 12.3 Å². The molecule has 1 aromatic rings. The predicted octanol–water partition coefficient (Wildman–Crippen LogP) is 0.737. The molecule has 0 radical (unpaired) electrons. The summed E-state index contributed by atoms with van der Waals surface area (Å²) in [5.74, 6) is 0.375. The van der Waals surface area contributed by atoms with Crippen molar-refractivity contribution in [2.45, 2.75) is 19.9 Å². The minimum absolute atomic E-state index is 0.208. The standard InChI is InChI=1S/C7H11N3OS/c1-4(8)7(11)10-6-3-12-5(2)9-6/h3-4H,8H2,1-2H3,(H,10,11). The fourth-order valence-corrected chi connectivity index (χ4v) is 1.21. The van der Waals surface area contributed by atoms with E-state index in [1.807, 2.05) is 6.92 Å². The minimum atomic E-state index is -0.494. The molecule has 1 amide bonds. The van der Waals surface area contributed by atoms with Gasteiger partial charge in [0, 0.05) is 5.38 Å². The summed E-state index contributed by atoms with van der Waals surface area (Å²) in [6.07, 6.45) is 0. The van der Waals surface area contributed by atoms with Crippen molar-refractivity contribution in [2.75, 3.05) is 5.32 Å². The lowest BCUT2D eigenvalue weighted by atomic mass is 10.3. The molecule has 1 unspecified atom stereocenters. The van der Waals surface area contributed by atoms with E-state index >= 15 is 0 Å². The topological polar surface area (TPSA) is 68.0 Å². The van der Waals surface area contributed by atoms with Crippen LogP contribution in [0.4, 0.5) is 5.82 Å². The van der Waals surface area contributed by atoms with Gasteiger partial charge >= 0.3 is 0 Å². The van der Waals surface area contributed by atoms with Crippen LogP contribution in [0.25, 0.3) is 0 Å². The predicted molar refractivity (Wildman–Crippen MR) is 49.1 cm³/mol. The van der Waals surface area contributed by atoms with Crippen LogP contribution in [0.2, 0.25) is 0 Å². The smallest absolute Gasteiger partial charge is 0.242 e. The van der Waals surface area contributed by atoms with Gasteiger partial charge in [0.05, 0.1) is 11.0 Å². The molecule has 12 heavy (non-hydrogen) atoms. The van der Waals surface area contributed by atoms with E-state index in [2.05, 4.69) is 10.3 Å². The van der Waals surface area contributed by atoms with Gasteiger partial charge in [-0.3, -0.25) is 4.79 Å². The average Bonchev–Trinajstić information content (AvgIpc) is 2.35. The van der Waals surface area contributed by atoms with Gasteiger partial charge in [-0.25, -0.2) is 4.98 Å². The molecular weight excluding hydrogens is 174 g/mol. The van der Waals surface area contributed by atoms with Gasteiger partial charge in [0.25, 0.3) is 0 Å². The molecule has 1 heterocycles. The SMILES string of the molecule is Cc1nc(NC(=O)C(C)N)cs1. The van der Waals surface area contributed by atoms with Crippen molar-refractivity contribution in [3.63, 3.8) is 0 Å². The zero-order valence-electron chi connectivity index (χ0n) is 7.00. The lowest BCUT2D eigenvalue weighted by Crippen LogP contribution is -2.32. The van der Waals surface area contributed by atoms with Crippen LogP contribution in [0.1, 0.15) is 11.9 Å². The van der Waals surface area contributed by atoms with Crippen molar-refractivity contribution < 1.29 is 4.79 Å². The number of hydrogen-bond acceptors (Lipinski definition) is 4. The van der Waals surface area contributed by atoms with Crippen LogP contribution in [-0.4, -0.2) is 16.9 Å². The van der Waals surface area contributed by atoms with Crippen LogP contribution in [0.15, 0.2) is 5.38 Å². The van der Waals surface area contributed by atoms with Gasteiger partial charge in [-0.1, -0.05) is 0 Å². The Kier molecular flexibility index (Phi) is 2.78. The monoisotopic (exact) mass is 185 g/mol. The van der Waals surface area contributed by atoms with E-state index in [1.165, 1.54) is 11.3 Å². The number of nitrogens with one attached hydrogen (secondary N) is 1. The highest BCUT2D eigenvalue weighted by Crippen LogP contribution is 2.12. The van der Waals surface area contributed by atoms with Gasteiger partial charge in [-0.2, -0.15) is 0 Å². The van der Waals surface area contributed by atoms with Crippen molar-refractivity contribution in [1.82, 2.24) is 4.98 Å². The van der Waals surface area contributed by atoms with E-state index in [0.29, 0.717) is 5.82 Å². The number of aryl methyl sites for hydroxylation is 1. The minimum Gasteiger partial charge on any atom is -0.320 e. The van der Waals surface area contributed by atoms with E-state index in [0.717, 1.165) is 5.01 Å². The second kappa shape index (κ2) is 3.64. The third kappa shape index (κ3) is 2.28. The van der Waals surface area contributed by atoms with E-state index in [-0.39, 0.29) is 5.91 Å². The van der Waals surface area contributed by atoms with Gasteiger partial charge in [-0.05, 0) is 13.8 Å². The van der Waals surface area contributed by atoms with Crippen LogP contribution < -0.4 is 11.1 Å². The molecule has 0 aromatic carbocycles. The van der Waals surface area contributed by atoms with Crippen molar-refractivity contribution in [3.8, 4) is 0 Å². The number of carbonyl (C=O) groups is 1. The molecule has 0 saturated heterocycles. The summed E-state index contributed by atoms with van der Waals surface area (Å²) >= 11 is 1.49. The molecule has 0 aliphatic heterocycles. The second-order valence-corrected chi connectivity index (χ2v) is 3.59. The lowest BCUT2D eigenvalue weighted by molar-refractivity contribution is -0.117. The van der Waals surface area contributed by atoms with Crippen LogP contribution in [0.3, 0.4) is 0 Å². The highest BCUT2D eigenvalue weighted by Gasteiger charge is 2.08. The number of amides is 1.